The lowest BCUT2D eigenvalue weighted by molar-refractivity contribution is 1.45. The van der Waals surface area contributed by atoms with Gasteiger partial charge in [0.2, 0.25) is 0 Å². The number of halogens is 2. The summed E-state index contributed by atoms with van der Waals surface area (Å²) in [5.74, 6) is 0.757. The monoisotopic (exact) mass is 236 g/mol. The van der Waals surface area contributed by atoms with Crippen LogP contribution < -0.4 is 5.32 Å². The van der Waals surface area contributed by atoms with Crippen molar-refractivity contribution in [3.63, 3.8) is 0 Å². The lowest BCUT2D eigenvalue weighted by Crippen LogP contribution is -2.11. The molecular weight excluding hydrogens is 227 g/mol. The zero-order valence-electron chi connectivity index (χ0n) is 6.75. The number of hydrogen-bond acceptors (Lipinski definition) is 2. The molecule has 0 aromatic heterocycles. The minimum atomic E-state index is 0. The minimum absolute atomic E-state index is 0. The van der Waals surface area contributed by atoms with Crippen LogP contribution >= 0.6 is 36.6 Å². The molecule has 0 saturated heterocycles. The van der Waals surface area contributed by atoms with E-state index < -0.39 is 0 Å². The highest BCUT2D eigenvalue weighted by Crippen LogP contribution is 2.14. The standard InChI is InChI=1S/C8H9ClN2S.ClH/c9-6-2-1-3-7(4-6)11-8(10)5-12;/h1-4,12H,5H2,(H2,10,11);1H. The predicted octanol–water partition coefficient (Wildman–Crippen LogP) is 3.08. The summed E-state index contributed by atoms with van der Waals surface area (Å²) in [6.07, 6.45) is 0. The molecule has 0 atom stereocenters. The maximum Gasteiger partial charge on any atom is 0.107 e. The van der Waals surface area contributed by atoms with Gasteiger partial charge in [0.25, 0.3) is 0 Å². The van der Waals surface area contributed by atoms with Gasteiger partial charge in [0.05, 0.1) is 0 Å². The van der Waals surface area contributed by atoms with Crippen LogP contribution in [-0.2, 0) is 0 Å². The normalized spacial score (nSPS) is 8.77. The van der Waals surface area contributed by atoms with Crippen LogP contribution in [0.2, 0.25) is 5.02 Å². The average Bonchev–Trinajstić information content (AvgIpc) is 2.04. The molecule has 0 fully saturated rings. The fourth-order valence-corrected chi connectivity index (χ4v) is 1.05. The molecule has 0 aliphatic rings. The van der Waals surface area contributed by atoms with E-state index in [0.29, 0.717) is 16.6 Å². The summed E-state index contributed by atoms with van der Waals surface area (Å²) in [6.45, 7) is 0. The van der Waals surface area contributed by atoms with E-state index in [0.717, 1.165) is 5.69 Å². The van der Waals surface area contributed by atoms with Crippen LogP contribution in [0.25, 0.3) is 0 Å². The zero-order chi connectivity index (χ0) is 8.97. The Morgan fingerprint density at radius 2 is 2.23 bits per heavy atom. The van der Waals surface area contributed by atoms with Crippen LogP contribution in [0.15, 0.2) is 24.3 Å². The molecule has 72 valence electrons. The van der Waals surface area contributed by atoms with Crippen molar-refractivity contribution < 1.29 is 0 Å². The van der Waals surface area contributed by atoms with E-state index in [1.54, 1.807) is 12.1 Å². The third-order valence-electron chi connectivity index (χ3n) is 1.28. The Morgan fingerprint density at radius 1 is 1.54 bits per heavy atom. The third-order valence-corrected chi connectivity index (χ3v) is 1.83. The molecule has 1 aromatic rings. The third kappa shape index (κ3) is 4.41. The molecule has 0 heterocycles. The fraction of sp³-hybridized carbons (Fsp3) is 0.125. The maximum absolute atomic E-state index is 7.31. The average molecular weight is 237 g/mol. The number of nitrogens with one attached hydrogen (secondary N) is 2. The molecule has 0 saturated carbocycles. The fourth-order valence-electron chi connectivity index (χ4n) is 0.780. The Morgan fingerprint density at radius 3 is 2.77 bits per heavy atom. The molecule has 0 spiro atoms. The summed E-state index contributed by atoms with van der Waals surface area (Å²) in [5.41, 5.74) is 0.821. The number of hydrogen-bond donors (Lipinski definition) is 3. The first kappa shape index (κ1) is 12.6. The zero-order valence-corrected chi connectivity index (χ0v) is 9.22. The Labute approximate surface area is 94.0 Å². The van der Waals surface area contributed by atoms with E-state index in [-0.39, 0.29) is 12.4 Å². The molecule has 5 heteroatoms. The van der Waals surface area contributed by atoms with E-state index in [1.807, 2.05) is 12.1 Å². The Hall–Kier alpha value is -0.380. The quantitative estimate of drug-likeness (QED) is 0.412. The Balaban J connectivity index is 0.00000144. The van der Waals surface area contributed by atoms with Crippen molar-refractivity contribution in [2.75, 3.05) is 11.1 Å². The Kier molecular flexibility index (Phi) is 5.95. The van der Waals surface area contributed by atoms with Gasteiger partial charge in [-0.3, -0.25) is 5.41 Å². The SMILES string of the molecule is Cl.N=C(CS)Nc1cccc(Cl)c1. The second kappa shape index (κ2) is 6.13. The molecule has 1 rings (SSSR count). The van der Waals surface area contributed by atoms with Crippen molar-refractivity contribution in [2.45, 2.75) is 0 Å². The molecule has 0 radical (unpaired) electrons. The largest absolute Gasteiger partial charge is 0.344 e. The summed E-state index contributed by atoms with van der Waals surface area (Å²) in [5, 5.41) is 10.8. The molecule has 2 nitrogen and oxygen atoms in total. The first-order valence-electron chi connectivity index (χ1n) is 3.43. The second-order valence-electron chi connectivity index (χ2n) is 2.27. The molecule has 0 amide bonds. The van der Waals surface area contributed by atoms with Crippen molar-refractivity contribution in [1.29, 1.82) is 5.41 Å². The van der Waals surface area contributed by atoms with Crippen molar-refractivity contribution in [2.24, 2.45) is 0 Å². The first-order valence-corrected chi connectivity index (χ1v) is 4.44. The number of benzene rings is 1. The second-order valence-corrected chi connectivity index (χ2v) is 3.02. The van der Waals surface area contributed by atoms with Gasteiger partial charge in [0.1, 0.15) is 5.84 Å². The topological polar surface area (TPSA) is 35.9 Å². The summed E-state index contributed by atoms with van der Waals surface area (Å²) >= 11 is 9.69. The first-order chi connectivity index (χ1) is 5.72. The van der Waals surface area contributed by atoms with Gasteiger partial charge in [-0.25, -0.2) is 0 Å². The summed E-state index contributed by atoms with van der Waals surface area (Å²) in [4.78, 5) is 0. The van der Waals surface area contributed by atoms with E-state index in [1.165, 1.54) is 0 Å². The maximum atomic E-state index is 7.31. The lowest BCUT2D eigenvalue weighted by atomic mass is 10.3. The van der Waals surface area contributed by atoms with Crippen molar-refractivity contribution in [3.8, 4) is 0 Å². The van der Waals surface area contributed by atoms with E-state index >= 15 is 0 Å². The lowest BCUT2D eigenvalue weighted by Gasteiger charge is -2.04. The number of amidine groups is 1. The Bertz CT molecular complexity index is 291. The molecule has 0 aliphatic carbocycles. The van der Waals surface area contributed by atoms with Crippen LogP contribution in [0.5, 0.6) is 0 Å². The van der Waals surface area contributed by atoms with Crippen molar-refractivity contribution >= 4 is 48.2 Å². The molecule has 0 aliphatic heterocycles. The van der Waals surface area contributed by atoms with Gasteiger partial charge < -0.3 is 5.32 Å². The van der Waals surface area contributed by atoms with Crippen LogP contribution in [0, 0.1) is 5.41 Å². The molecule has 1 aromatic carbocycles. The highest BCUT2D eigenvalue weighted by molar-refractivity contribution is 7.81. The van der Waals surface area contributed by atoms with Gasteiger partial charge in [-0.15, -0.1) is 12.4 Å². The number of thiol groups is 1. The van der Waals surface area contributed by atoms with Crippen LogP contribution in [0.1, 0.15) is 0 Å². The highest BCUT2D eigenvalue weighted by Gasteiger charge is 1.95. The van der Waals surface area contributed by atoms with Crippen LogP contribution in [-0.4, -0.2) is 11.6 Å². The van der Waals surface area contributed by atoms with Crippen LogP contribution in [0.3, 0.4) is 0 Å². The van der Waals surface area contributed by atoms with Crippen molar-refractivity contribution in [1.82, 2.24) is 0 Å². The highest BCUT2D eigenvalue weighted by atomic mass is 35.5. The number of anilines is 1. The molecule has 0 unspecified atom stereocenters. The van der Waals surface area contributed by atoms with Crippen molar-refractivity contribution in [3.05, 3.63) is 29.3 Å². The van der Waals surface area contributed by atoms with Crippen LogP contribution in [0.4, 0.5) is 5.69 Å². The van der Waals surface area contributed by atoms with E-state index in [4.69, 9.17) is 17.0 Å². The predicted molar refractivity (Wildman–Crippen MR) is 63.9 cm³/mol. The summed E-state index contributed by atoms with van der Waals surface area (Å²) in [6, 6.07) is 7.23. The number of rotatable bonds is 2. The minimum Gasteiger partial charge on any atom is -0.344 e. The van der Waals surface area contributed by atoms with Gasteiger partial charge in [-0.2, -0.15) is 12.6 Å². The van der Waals surface area contributed by atoms with Gasteiger partial charge in [0, 0.05) is 16.5 Å². The van der Waals surface area contributed by atoms with E-state index in [9.17, 15) is 0 Å². The van der Waals surface area contributed by atoms with E-state index in [2.05, 4.69) is 17.9 Å². The van der Waals surface area contributed by atoms with Gasteiger partial charge in [-0.05, 0) is 18.2 Å². The summed E-state index contributed by atoms with van der Waals surface area (Å²) in [7, 11) is 0. The molecule has 0 bridgehead atoms. The summed E-state index contributed by atoms with van der Waals surface area (Å²) < 4.78 is 0. The smallest absolute Gasteiger partial charge is 0.107 e. The molecule has 2 N–H and O–H groups in total. The molecule has 13 heavy (non-hydrogen) atoms. The van der Waals surface area contributed by atoms with Gasteiger partial charge in [0.15, 0.2) is 0 Å². The van der Waals surface area contributed by atoms with Gasteiger partial charge >= 0.3 is 0 Å². The van der Waals surface area contributed by atoms with Gasteiger partial charge in [-0.1, -0.05) is 17.7 Å². The molecular formula is C8H10Cl2N2S.